The van der Waals surface area contributed by atoms with Crippen molar-refractivity contribution in [3.63, 3.8) is 0 Å². The lowest BCUT2D eigenvalue weighted by atomic mass is 10.00. The minimum Gasteiger partial charge on any atom is -0.352 e. The highest BCUT2D eigenvalue weighted by molar-refractivity contribution is 5.86. The first-order valence-electron chi connectivity index (χ1n) is 4.37. The Kier molecular flexibility index (Phi) is 1.73. The molecule has 0 N–H and O–H groups in total. The van der Waals surface area contributed by atoms with Gasteiger partial charge in [0.25, 0.3) is 0 Å². The van der Waals surface area contributed by atoms with Crippen molar-refractivity contribution >= 4 is 5.78 Å². The van der Waals surface area contributed by atoms with Crippen LogP contribution in [-0.2, 0) is 14.3 Å². The molecule has 2 aliphatic rings. The molecule has 2 aliphatic carbocycles. The average molecular weight is 170 g/mol. The molecule has 2 fully saturated rings. The Hall–Kier alpha value is -0.410. The molecule has 0 radical (unpaired) electrons. The van der Waals surface area contributed by atoms with Crippen molar-refractivity contribution in [3.05, 3.63) is 0 Å². The van der Waals surface area contributed by atoms with Gasteiger partial charge in [-0.15, -0.1) is 0 Å². The predicted molar refractivity (Wildman–Crippen MR) is 42.6 cm³/mol. The largest absolute Gasteiger partial charge is 0.352 e. The Morgan fingerprint density at radius 2 is 2.00 bits per heavy atom. The Morgan fingerprint density at radius 1 is 1.33 bits per heavy atom. The summed E-state index contributed by atoms with van der Waals surface area (Å²) in [4.78, 5) is 11.4. The van der Waals surface area contributed by atoms with Gasteiger partial charge in [0.2, 0.25) is 0 Å². The summed E-state index contributed by atoms with van der Waals surface area (Å²) < 4.78 is 10.7. The molecular weight excluding hydrogens is 156 g/mol. The lowest BCUT2D eigenvalue weighted by molar-refractivity contribution is -0.233. The highest BCUT2D eigenvalue weighted by Gasteiger charge is 2.60. The van der Waals surface area contributed by atoms with Crippen molar-refractivity contribution < 1.29 is 14.3 Å². The quantitative estimate of drug-likeness (QED) is 0.579. The first-order chi connectivity index (χ1) is 5.74. The minimum atomic E-state index is -0.572. The number of ether oxygens (including phenoxy) is 2. The fourth-order valence-electron chi connectivity index (χ4n) is 2.77. The van der Waals surface area contributed by atoms with Gasteiger partial charge in [-0.3, -0.25) is 4.79 Å². The number of hydrogen-bond donors (Lipinski definition) is 0. The molecule has 0 spiro atoms. The fraction of sp³-hybridized carbons (Fsp3) is 0.889. The number of ketones is 1. The van der Waals surface area contributed by atoms with E-state index in [4.69, 9.17) is 9.47 Å². The van der Waals surface area contributed by atoms with Crippen LogP contribution in [0.1, 0.15) is 19.3 Å². The van der Waals surface area contributed by atoms with Crippen LogP contribution in [0.5, 0.6) is 0 Å². The summed E-state index contributed by atoms with van der Waals surface area (Å²) >= 11 is 0. The van der Waals surface area contributed by atoms with E-state index in [1.165, 1.54) is 0 Å². The monoisotopic (exact) mass is 170 g/mol. The van der Waals surface area contributed by atoms with Gasteiger partial charge >= 0.3 is 0 Å². The second-order valence-electron chi connectivity index (χ2n) is 3.63. The van der Waals surface area contributed by atoms with Crippen LogP contribution in [-0.4, -0.2) is 25.8 Å². The van der Waals surface area contributed by atoms with Crippen LogP contribution in [0.25, 0.3) is 0 Å². The average Bonchev–Trinajstić information content (AvgIpc) is 2.56. The van der Waals surface area contributed by atoms with E-state index in [9.17, 15) is 4.79 Å². The molecule has 12 heavy (non-hydrogen) atoms. The third-order valence-electron chi connectivity index (χ3n) is 3.33. The maximum atomic E-state index is 11.4. The van der Waals surface area contributed by atoms with Crippen LogP contribution < -0.4 is 0 Å². The molecular formula is C9H14O3. The second-order valence-corrected chi connectivity index (χ2v) is 3.63. The number of methoxy groups -OCH3 is 2. The van der Waals surface area contributed by atoms with Gasteiger partial charge in [0, 0.05) is 26.6 Å². The number of hydrogen-bond acceptors (Lipinski definition) is 3. The molecule has 0 heterocycles. The van der Waals surface area contributed by atoms with Gasteiger partial charge in [-0.1, -0.05) is 0 Å². The van der Waals surface area contributed by atoms with E-state index >= 15 is 0 Å². The van der Waals surface area contributed by atoms with E-state index in [1.807, 2.05) is 0 Å². The summed E-state index contributed by atoms with van der Waals surface area (Å²) in [6, 6.07) is 0. The Bertz CT molecular complexity index is 208. The zero-order valence-corrected chi connectivity index (χ0v) is 7.50. The summed E-state index contributed by atoms with van der Waals surface area (Å²) in [5, 5.41) is 0. The number of fused-ring (bicyclic) bond motifs is 2. The SMILES string of the molecule is COC1(OC)[C@@H]2CC[C@H]1C(=O)C2. The van der Waals surface area contributed by atoms with E-state index in [2.05, 4.69) is 0 Å². The Balaban J connectivity index is 2.32. The molecule has 0 aromatic carbocycles. The maximum absolute atomic E-state index is 11.4. The molecule has 0 aromatic heterocycles. The normalized spacial score (nSPS) is 37.7. The van der Waals surface area contributed by atoms with Crippen molar-refractivity contribution in [2.75, 3.05) is 14.2 Å². The number of Topliss-reactive ketones (excluding diaryl/α,β-unsaturated/α-hetero) is 1. The van der Waals surface area contributed by atoms with Gasteiger partial charge in [-0.25, -0.2) is 0 Å². The van der Waals surface area contributed by atoms with E-state index in [0.29, 0.717) is 18.1 Å². The third kappa shape index (κ3) is 0.756. The predicted octanol–water partition coefficient (Wildman–Crippen LogP) is 0.975. The van der Waals surface area contributed by atoms with Crippen molar-refractivity contribution in [2.24, 2.45) is 11.8 Å². The zero-order chi connectivity index (χ0) is 8.77. The number of carbonyl (C=O) groups excluding carboxylic acids is 1. The maximum Gasteiger partial charge on any atom is 0.180 e. The first-order valence-corrected chi connectivity index (χ1v) is 4.37. The van der Waals surface area contributed by atoms with Crippen molar-refractivity contribution in [1.29, 1.82) is 0 Å². The molecule has 0 aliphatic heterocycles. The van der Waals surface area contributed by atoms with Gasteiger partial charge in [-0.2, -0.15) is 0 Å². The van der Waals surface area contributed by atoms with E-state index < -0.39 is 5.79 Å². The molecule has 68 valence electrons. The third-order valence-corrected chi connectivity index (χ3v) is 3.33. The summed E-state index contributed by atoms with van der Waals surface area (Å²) in [5.74, 6) is 0.0364. The minimum absolute atomic E-state index is 0.00231. The summed E-state index contributed by atoms with van der Waals surface area (Å²) in [7, 11) is 3.26. The van der Waals surface area contributed by atoms with Crippen LogP contribution >= 0.6 is 0 Å². The molecule has 2 atom stereocenters. The Morgan fingerprint density at radius 3 is 2.25 bits per heavy atom. The molecule has 2 saturated carbocycles. The Labute approximate surface area is 72.0 Å². The van der Waals surface area contributed by atoms with Crippen LogP contribution in [0, 0.1) is 11.8 Å². The van der Waals surface area contributed by atoms with Crippen molar-refractivity contribution in [3.8, 4) is 0 Å². The van der Waals surface area contributed by atoms with E-state index in [-0.39, 0.29) is 5.92 Å². The van der Waals surface area contributed by atoms with Crippen LogP contribution in [0.3, 0.4) is 0 Å². The van der Waals surface area contributed by atoms with E-state index in [1.54, 1.807) is 14.2 Å². The molecule has 2 rings (SSSR count). The first kappa shape index (κ1) is 8.20. The zero-order valence-electron chi connectivity index (χ0n) is 7.50. The number of carbonyl (C=O) groups is 1. The van der Waals surface area contributed by atoms with Gasteiger partial charge in [-0.05, 0) is 12.8 Å². The topological polar surface area (TPSA) is 35.5 Å². The van der Waals surface area contributed by atoms with Gasteiger partial charge < -0.3 is 9.47 Å². The summed E-state index contributed by atoms with van der Waals surface area (Å²) in [6.45, 7) is 0. The van der Waals surface area contributed by atoms with Crippen molar-refractivity contribution in [2.45, 2.75) is 25.0 Å². The van der Waals surface area contributed by atoms with Crippen LogP contribution in [0.4, 0.5) is 0 Å². The summed E-state index contributed by atoms with van der Waals surface area (Å²) in [6.07, 6.45) is 2.65. The lowest BCUT2D eigenvalue weighted by Gasteiger charge is -2.30. The van der Waals surface area contributed by atoms with Gasteiger partial charge in [0.15, 0.2) is 5.79 Å². The van der Waals surface area contributed by atoms with Gasteiger partial charge in [0.1, 0.15) is 5.78 Å². The molecule has 0 amide bonds. The summed E-state index contributed by atoms with van der Waals surface area (Å²) in [5.41, 5.74) is 0. The van der Waals surface area contributed by atoms with Crippen LogP contribution in [0.15, 0.2) is 0 Å². The van der Waals surface area contributed by atoms with E-state index in [0.717, 1.165) is 12.8 Å². The molecule has 0 aromatic rings. The smallest absolute Gasteiger partial charge is 0.180 e. The second kappa shape index (κ2) is 2.54. The molecule has 0 unspecified atom stereocenters. The molecule has 3 heteroatoms. The number of rotatable bonds is 2. The highest BCUT2D eigenvalue weighted by Crippen LogP contribution is 2.52. The standard InChI is InChI=1S/C9H14O3/c1-11-9(12-2)6-3-4-7(9)8(10)5-6/h6-7H,3-5H2,1-2H3/t6-,7+/m1/s1. The van der Waals surface area contributed by atoms with Crippen molar-refractivity contribution in [1.82, 2.24) is 0 Å². The molecule has 0 saturated heterocycles. The fourth-order valence-corrected chi connectivity index (χ4v) is 2.77. The molecule has 3 nitrogen and oxygen atoms in total. The van der Waals surface area contributed by atoms with Crippen LogP contribution in [0.2, 0.25) is 0 Å². The van der Waals surface area contributed by atoms with Gasteiger partial charge in [0.05, 0.1) is 5.92 Å². The highest BCUT2D eigenvalue weighted by atomic mass is 16.7. The lowest BCUT2D eigenvalue weighted by Crippen LogP contribution is -2.39. The molecule has 2 bridgehead atoms.